The normalized spacial score (nSPS) is 11.0. The Hall–Kier alpha value is -2.57. The van der Waals surface area contributed by atoms with E-state index in [1.165, 1.54) is 11.4 Å². The van der Waals surface area contributed by atoms with Gasteiger partial charge in [-0.05, 0) is 52.3 Å². The van der Waals surface area contributed by atoms with Crippen LogP contribution in [0.15, 0.2) is 64.5 Å². The average molecular weight is 481 g/mol. The van der Waals surface area contributed by atoms with Gasteiger partial charge in [-0.3, -0.25) is 0 Å². The second-order valence-electron chi connectivity index (χ2n) is 7.68. The second kappa shape index (κ2) is 8.28. The van der Waals surface area contributed by atoms with Gasteiger partial charge in [-0.25, -0.2) is 4.98 Å². The minimum Gasteiger partial charge on any atom is -0.378 e. The summed E-state index contributed by atoms with van der Waals surface area (Å²) in [5.41, 5.74) is 6.75. The average Bonchev–Trinajstić information content (AvgIpc) is 3.31. The fraction of sp³-hybridized carbons (Fsp3) is 0.208. The van der Waals surface area contributed by atoms with Crippen molar-refractivity contribution in [3.8, 4) is 33.2 Å². The van der Waals surface area contributed by atoms with E-state index < -0.39 is 0 Å². The number of halogens is 1. The van der Waals surface area contributed by atoms with E-state index >= 15 is 0 Å². The highest BCUT2D eigenvalue weighted by atomic mass is 79.9. The van der Waals surface area contributed by atoms with Crippen LogP contribution in [0.5, 0.6) is 0 Å². The zero-order valence-corrected chi connectivity index (χ0v) is 20.3. The summed E-state index contributed by atoms with van der Waals surface area (Å²) in [5.74, 6) is 0.976. The maximum atomic E-state index is 5.10. The summed E-state index contributed by atoms with van der Waals surface area (Å²) in [5, 5.41) is 0. The molecule has 2 heterocycles. The molecule has 0 saturated heterocycles. The van der Waals surface area contributed by atoms with Gasteiger partial charge >= 0.3 is 0 Å². The van der Waals surface area contributed by atoms with E-state index in [4.69, 9.17) is 4.98 Å². The molecule has 30 heavy (non-hydrogen) atoms. The van der Waals surface area contributed by atoms with Crippen molar-refractivity contribution in [3.63, 3.8) is 0 Å². The fourth-order valence-electron chi connectivity index (χ4n) is 3.52. The minimum absolute atomic E-state index is 0.976. The predicted octanol–water partition coefficient (Wildman–Crippen LogP) is 6.38. The molecule has 2 aromatic carbocycles. The van der Waals surface area contributed by atoms with Gasteiger partial charge in [0.25, 0.3) is 0 Å². The van der Waals surface area contributed by atoms with Crippen LogP contribution in [0.3, 0.4) is 0 Å². The molecule has 4 aromatic rings. The highest BCUT2D eigenvalue weighted by Crippen LogP contribution is 2.39. The van der Waals surface area contributed by atoms with E-state index in [-0.39, 0.29) is 0 Å². The Balaban J connectivity index is 1.89. The molecule has 0 saturated carbocycles. The summed E-state index contributed by atoms with van der Waals surface area (Å²) >= 11 is 5.28. The van der Waals surface area contributed by atoms with E-state index in [9.17, 15) is 0 Å². The summed E-state index contributed by atoms with van der Waals surface area (Å²) in [7, 11) is 10.3. The van der Waals surface area contributed by atoms with E-state index in [0.29, 0.717) is 0 Å². The molecule has 0 aliphatic heterocycles. The fourth-order valence-corrected chi connectivity index (χ4v) is 4.93. The number of imidazole rings is 1. The van der Waals surface area contributed by atoms with Gasteiger partial charge in [0.15, 0.2) is 5.82 Å². The number of thiophene rings is 1. The van der Waals surface area contributed by atoms with Gasteiger partial charge in [0.1, 0.15) is 0 Å². The highest BCUT2D eigenvalue weighted by Gasteiger charge is 2.20. The Morgan fingerprint density at radius 1 is 0.767 bits per heavy atom. The number of anilines is 2. The number of hydrogen-bond donors (Lipinski definition) is 0. The van der Waals surface area contributed by atoms with Crippen LogP contribution in [0.4, 0.5) is 11.4 Å². The summed E-state index contributed by atoms with van der Waals surface area (Å²) in [6.45, 7) is 0. The van der Waals surface area contributed by atoms with Crippen LogP contribution in [0.25, 0.3) is 33.2 Å². The lowest BCUT2D eigenvalue weighted by Crippen LogP contribution is -2.08. The molecule has 0 unspecified atom stereocenters. The van der Waals surface area contributed by atoms with Gasteiger partial charge in [-0.15, -0.1) is 11.3 Å². The molecule has 0 bridgehead atoms. The molecule has 0 aliphatic rings. The Kier molecular flexibility index (Phi) is 5.71. The lowest BCUT2D eigenvalue weighted by molar-refractivity contribution is 0.936. The number of hydrogen-bond acceptors (Lipinski definition) is 4. The van der Waals surface area contributed by atoms with Crippen LogP contribution in [0.1, 0.15) is 0 Å². The zero-order chi connectivity index (χ0) is 21.4. The largest absolute Gasteiger partial charge is 0.378 e. The molecule has 0 amide bonds. The van der Waals surface area contributed by atoms with Crippen molar-refractivity contribution in [2.45, 2.75) is 0 Å². The monoisotopic (exact) mass is 480 g/mol. The van der Waals surface area contributed by atoms with Crippen LogP contribution < -0.4 is 9.80 Å². The SMILES string of the molecule is CN(C)c1ccc(-c2nc(-c3ccc(Br)s3)n(C)c2-c2ccc(N(C)C)cc2)cc1. The van der Waals surface area contributed by atoms with Crippen molar-refractivity contribution in [2.24, 2.45) is 7.05 Å². The molecule has 0 spiro atoms. The molecule has 0 atom stereocenters. The summed E-state index contributed by atoms with van der Waals surface area (Å²) in [6.07, 6.45) is 0. The molecule has 0 N–H and O–H groups in total. The lowest BCUT2D eigenvalue weighted by Gasteiger charge is -2.14. The van der Waals surface area contributed by atoms with Gasteiger partial charge in [0, 0.05) is 57.7 Å². The van der Waals surface area contributed by atoms with E-state index in [1.807, 2.05) is 0 Å². The first kappa shape index (κ1) is 20.7. The van der Waals surface area contributed by atoms with Crippen LogP contribution >= 0.6 is 27.3 Å². The van der Waals surface area contributed by atoms with Gasteiger partial charge in [-0.1, -0.05) is 24.3 Å². The van der Waals surface area contributed by atoms with Crippen LogP contribution in [-0.4, -0.2) is 37.7 Å². The van der Waals surface area contributed by atoms with Gasteiger partial charge in [0.2, 0.25) is 0 Å². The third-order valence-corrected chi connectivity index (χ3v) is 6.82. The molecule has 4 nitrogen and oxygen atoms in total. The molecule has 2 aromatic heterocycles. The Morgan fingerprint density at radius 2 is 1.30 bits per heavy atom. The zero-order valence-electron chi connectivity index (χ0n) is 17.8. The molecule has 0 fully saturated rings. The smallest absolute Gasteiger partial charge is 0.151 e. The van der Waals surface area contributed by atoms with Crippen molar-refractivity contribution >= 4 is 38.6 Å². The molecular formula is C24H25BrN4S. The number of nitrogens with zero attached hydrogens (tertiary/aromatic N) is 4. The quantitative estimate of drug-likeness (QED) is 0.331. The molecule has 154 valence electrons. The highest BCUT2D eigenvalue weighted by molar-refractivity contribution is 9.11. The van der Waals surface area contributed by atoms with E-state index in [1.54, 1.807) is 11.3 Å². The van der Waals surface area contributed by atoms with Crippen molar-refractivity contribution in [3.05, 3.63) is 64.5 Å². The molecule has 6 heteroatoms. The Labute approximate surface area is 190 Å². The van der Waals surface area contributed by atoms with Crippen molar-refractivity contribution < 1.29 is 0 Å². The number of rotatable bonds is 5. The maximum absolute atomic E-state index is 5.10. The number of aromatic nitrogens is 2. The topological polar surface area (TPSA) is 24.3 Å². The first-order valence-corrected chi connectivity index (χ1v) is 11.3. The van der Waals surface area contributed by atoms with E-state index in [2.05, 4.69) is 126 Å². The van der Waals surface area contributed by atoms with Crippen molar-refractivity contribution in [1.82, 2.24) is 9.55 Å². The summed E-state index contributed by atoms with van der Waals surface area (Å²) in [6, 6.07) is 21.5. The van der Waals surface area contributed by atoms with Crippen LogP contribution in [0.2, 0.25) is 0 Å². The van der Waals surface area contributed by atoms with Crippen LogP contribution in [-0.2, 0) is 7.05 Å². The second-order valence-corrected chi connectivity index (χ2v) is 10.1. The summed E-state index contributed by atoms with van der Waals surface area (Å²) < 4.78 is 3.31. The molecule has 0 aliphatic carbocycles. The van der Waals surface area contributed by atoms with Crippen molar-refractivity contribution in [2.75, 3.05) is 38.0 Å². The van der Waals surface area contributed by atoms with Crippen LogP contribution in [0, 0.1) is 0 Å². The first-order chi connectivity index (χ1) is 14.3. The minimum atomic E-state index is 0.976. The summed E-state index contributed by atoms with van der Waals surface area (Å²) in [4.78, 5) is 10.5. The molecule has 4 rings (SSSR count). The Morgan fingerprint density at radius 3 is 1.77 bits per heavy atom. The molecule has 0 radical (unpaired) electrons. The Bertz CT molecular complexity index is 1160. The van der Waals surface area contributed by atoms with E-state index in [0.717, 1.165) is 37.0 Å². The standard InChI is InChI=1S/C24H25BrN4S/c1-27(2)18-10-6-16(7-11-18)22-23(17-8-12-19(13-9-17)28(3)4)29(5)24(26-22)20-14-15-21(25)30-20/h6-15H,1-5H3. The third kappa shape index (κ3) is 3.89. The van der Waals surface area contributed by atoms with Gasteiger partial charge < -0.3 is 14.4 Å². The first-order valence-electron chi connectivity index (χ1n) is 9.73. The van der Waals surface area contributed by atoms with Crippen molar-refractivity contribution in [1.29, 1.82) is 0 Å². The lowest BCUT2D eigenvalue weighted by atomic mass is 10.0. The molecular weight excluding hydrogens is 456 g/mol. The maximum Gasteiger partial charge on any atom is 0.151 e. The number of benzene rings is 2. The predicted molar refractivity (Wildman–Crippen MR) is 134 cm³/mol. The van der Waals surface area contributed by atoms with Gasteiger partial charge in [-0.2, -0.15) is 0 Å². The third-order valence-electron chi connectivity index (χ3n) is 5.20. The van der Waals surface area contributed by atoms with Gasteiger partial charge in [0.05, 0.1) is 20.1 Å².